The van der Waals surface area contributed by atoms with Gasteiger partial charge in [-0.05, 0) is 161 Å². The average Bonchev–Trinajstić information content (AvgIpc) is 3.90. The van der Waals surface area contributed by atoms with Gasteiger partial charge in [-0.25, -0.2) is 0 Å². The van der Waals surface area contributed by atoms with Gasteiger partial charge in [-0.1, -0.05) is 133 Å². The van der Waals surface area contributed by atoms with Crippen LogP contribution in [0.25, 0.3) is 55.6 Å². The minimum Gasteiger partial charge on any atom is -0.341 e. The molecule has 0 saturated heterocycles. The first-order valence-corrected chi connectivity index (χ1v) is 24.7. The van der Waals surface area contributed by atoms with Gasteiger partial charge in [0.2, 0.25) is 0 Å². The number of allylic oxidation sites excluding steroid dienone is 6. The van der Waals surface area contributed by atoms with E-state index in [1.54, 1.807) is 0 Å². The molecule has 0 spiro atoms. The predicted molar refractivity (Wildman–Crippen MR) is 292 cm³/mol. The largest absolute Gasteiger partial charge is 0.341 e. The quantitative estimate of drug-likeness (QED) is 0.0898. The highest BCUT2D eigenvalue weighted by molar-refractivity contribution is 6.10. The maximum Gasteiger partial charge on any atom is 0.0542 e. The van der Waals surface area contributed by atoms with Crippen molar-refractivity contribution in [1.29, 1.82) is 0 Å². The molecule has 68 heavy (non-hydrogen) atoms. The Bertz CT molecular complexity index is 3380. The van der Waals surface area contributed by atoms with E-state index in [1.165, 1.54) is 84.0 Å². The van der Waals surface area contributed by atoms with Gasteiger partial charge in [0, 0.05) is 79.1 Å². The molecule has 0 N–H and O–H groups in total. The summed E-state index contributed by atoms with van der Waals surface area (Å²) in [6.07, 6.45) is 23.0. The fraction of sp³-hybridized carbons (Fsp3) is 0.188. The zero-order chi connectivity index (χ0) is 46.1. The summed E-state index contributed by atoms with van der Waals surface area (Å²) in [6, 6.07) is 61.5. The van der Waals surface area contributed by atoms with Gasteiger partial charge < -0.3 is 18.9 Å². The molecule has 0 bridgehead atoms. The van der Waals surface area contributed by atoms with Gasteiger partial charge in [-0.15, -0.1) is 0 Å². The number of fused-ring (bicyclic) bond motifs is 6. The summed E-state index contributed by atoms with van der Waals surface area (Å²) < 4.78 is 5.07. The smallest absolute Gasteiger partial charge is 0.0542 e. The molecule has 0 fully saturated rings. The molecule has 2 heterocycles. The summed E-state index contributed by atoms with van der Waals surface area (Å²) in [5.74, 6) is 0. The zero-order valence-electron chi connectivity index (χ0n) is 39.8. The van der Waals surface area contributed by atoms with Gasteiger partial charge >= 0.3 is 0 Å². The molecule has 0 radical (unpaired) electrons. The molecule has 2 aromatic heterocycles. The normalized spacial score (nSPS) is 15.4. The van der Waals surface area contributed by atoms with E-state index >= 15 is 0 Å². The molecule has 336 valence electrons. The van der Waals surface area contributed by atoms with Crippen LogP contribution >= 0.6 is 0 Å². The highest BCUT2D eigenvalue weighted by atomic mass is 15.2. The van der Waals surface area contributed by atoms with Gasteiger partial charge in [-0.3, -0.25) is 0 Å². The molecule has 2 unspecified atom stereocenters. The minimum atomic E-state index is 0.0942. The number of anilines is 5. The van der Waals surface area contributed by atoms with Crippen LogP contribution in [0.2, 0.25) is 0 Å². The van der Waals surface area contributed by atoms with E-state index in [2.05, 4.69) is 253 Å². The molecule has 2 aliphatic rings. The fourth-order valence-electron chi connectivity index (χ4n) is 10.9. The number of benzene rings is 7. The lowest BCUT2D eigenvalue weighted by atomic mass is 9.99. The van der Waals surface area contributed by atoms with Crippen molar-refractivity contribution in [2.45, 2.75) is 78.3 Å². The molecule has 7 aromatic carbocycles. The fourth-order valence-corrected chi connectivity index (χ4v) is 10.9. The van der Waals surface area contributed by atoms with E-state index in [0.717, 1.165) is 54.9 Å². The second-order valence-electron chi connectivity index (χ2n) is 18.8. The third-order valence-electron chi connectivity index (χ3n) is 14.2. The average molecular weight is 885 g/mol. The van der Waals surface area contributed by atoms with Crippen LogP contribution in [-0.4, -0.2) is 15.2 Å². The molecule has 0 aliphatic heterocycles. The highest BCUT2D eigenvalue weighted by Gasteiger charge is 2.25. The number of rotatable bonds is 12. The topological polar surface area (TPSA) is 16.3 Å². The second-order valence-corrected chi connectivity index (χ2v) is 18.8. The van der Waals surface area contributed by atoms with Crippen molar-refractivity contribution in [3.63, 3.8) is 0 Å². The number of aryl methyl sites for hydroxylation is 1. The molecule has 0 amide bonds. The van der Waals surface area contributed by atoms with Gasteiger partial charge in [0.1, 0.15) is 0 Å². The van der Waals surface area contributed by atoms with Crippen LogP contribution in [0, 0.1) is 6.92 Å². The van der Waals surface area contributed by atoms with E-state index in [9.17, 15) is 0 Å². The Kier molecular flexibility index (Phi) is 11.8. The molecule has 9 aromatic rings. The maximum absolute atomic E-state index is 2.69. The van der Waals surface area contributed by atoms with Gasteiger partial charge in [0.05, 0.1) is 11.0 Å². The Morgan fingerprint density at radius 1 is 0.632 bits per heavy atom. The van der Waals surface area contributed by atoms with Crippen molar-refractivity contribution in [3.05, 3.63) is 223 Å². The van der Waals surface area contributed by atoms with Crippen LogP contribution in [-0.2, 0) is 6.42 Å². The van der Waals surface area contributed by atoms with Crippen molar-refractivity contribution >= 4 is 67.2 Å². The lowest BCUT2D eigenvalue weighted by molar-refractivity contribution is 0.460. The van der Waals surface area contributed by atoms with Crippen molar-refractivity contribution in [3.8, 4) is 16.8 Å². The summed E-state index contributed by atoms with van der Waals surface area (Å²) in [6.45, 7) is 8.85. The summed E-state index contributed by atoms with van der Waals surface area (Å²) in [5, 5.41) is 3.84. The molecular formula is C64H60N4. The van der Waals surface area contributed by atoms with Crippen molar-refractivity contribution in [1.82, 2.24) is 9.13 Å². The lowest BCUT2D eigenvalue weighted by Crippen LogP contribution is -2.26. The van der Waals surface area contributed by atoms with Crippen molar-refractivity contribution < 1.29 is 0 Å². The third-order valence-corrected chi connectivity index (χ3v) is 14.2. The first-order valence-electron chi connectivity index (χ1n) is 24.7. The molecule has 0 saturated carbocycles. The van der Waals surface area contributed by atoms with E-state index in [0.29, 0.717) is 6.04 Å². The summed E-state index contributed by atoms with van der Waals surface area (Å²) >= 11 is 0. The number of nitrogens with zero attached hydrogens (tertiary/aromatic N) is 4. The number of hydrogen-bond acceptors (Lipinski definition) is 2. The molecule has 2 aliphatic carbocycles. The zero-order valence-corrected chi connectivity index (χ0v) is 39.8. The Hall–Kier alpha value is -7.56. The molecule has 2 atom stereocenters. The first kappa shape index (κ1) is 43.0. The monoisotopic (exact) mass is 884 g/mol. The highest BCUT2D eigenvalue weighted by Crippen LogP contribution is 2.43. The maximum atomic E-state index is 2.69. The lowest BCUT2D eigenvalue weighted by Gasteiger charge is -2.30. The van der Waals surface area contributed by atoms with Crippen LogP contribution < -0.4 is 9.80 Å². The molecular weight excluding hydrogens is 825 g/mol. The third kappa shape index (κ3) is 8.08. The number of hydrogen-bond donors (Lipinski definition) is 0. The van der Waals surface area contributed by atoms with E-state index in [4.69, 9.17) is 0 Å². The van der Waals surface area contributed by atoms with Gasteiger partial charge in [0.15, 0.2) is 0 Å². The Balaban J connectivity index is 0.944. The number of aromatic nitrogens is 2. The molecule has 4 nitrogen and oxygen atoms in total. The summed E-state index contributed by atoms with van der Waals surface area (Å²) in [5.41, 5.74) is 18.5. The van der Waals surface area contributed by atoms with Crippen LogP contribution in [0.3, 0.4) is 0 Å². The van der Waals surface area contributed by atoms with E-state index in [-0.39, 0.29) is 6.04 Å². The van der Waals surface area contributed by atoms with Crippen LogP contribution in [0.1, 0.15) is 75.7 Å². The molecule has 4 heteroatoms. The minimum absolute atomic E-state index is 0.0942. The standard InChI is InChI=1S/C64H60N4/c1-5-16-45(2)25-28-47(4)65(55-39-41-63-59(43-55)57-21-12-14-23-61(57)67(63)50-17-8-6-9-18-50)52-35-29-48(30-36-52)49-31-37-54(38-32-49)66(53-33-26-46(3)27-34-53)56-40-42-64-60(44-56)58-22-13-15-24-62(58)68(64)51-19-10-7-11-20-51/h6-10,12-14,16-18,21-23,25-44,47,51H,5,11,15,19-20,24H2,1-4H3/b28-25-,45-16-. The Morgan fingerprint density at radius 3 is 2.01 bits per heavy atom. The SMILES string of the molecule is CC/C=C(C)\C=C/C(C)N(c1ccc(-c2ccc(N(c3ccc(C)cc3)c3ccc4c(c3)c3c(n4C4CC=CCC4)CCC=C3)cc2)cc1)c1ccc2c(c1)c1ccccc1n2-c1ccccc1. The second kappa shape index (κ2) is 18.6. The first-order chi connectivity index (χ1) is 33.4. The predicted octanol–water partition coefficient (Wildman–Crippen LogP) is 17.9. The summed E-state index contributed by atoms with van der Waals surface area (Å²) in [4.78, 5) is 4.89. The van der Waals surface area contributed by atoms with E-state index < -0.39 is 0 Å². The van der Waals surface area contributed by atoms with Crippen LogP contribution in [0.5, 0.6) is 0 Å². The Labute approximate surface area is 402 Å². The summed E-state index contributed by atoms with van der Waals surface area (Å²) in [7, 11) is 0. The molecule has 11 rings (SSSR count). The van der Waals surface area contributed by atoms with Crippen LogP contribution in [0.15, 0.2) is 206 Å². The van der Waals surface area contributed by atoms with Crippen LogP contribution in [0.4, 0.5) is 28.4 Å². The van der Waals surface area contributed by atoms with Gasteiger partial charge in [0.25, 0.3) is 0 Å². The van der Waals surface area contributed by atoms with E-state index in [1.807, 2.05) is 0 Å². The van der Waals surface area contributed by atoms with Crippen molar-refractivity contribution in [2.24, 2.45) is 0 Å². The Morgan fingerprint density at radius 2 is 1.28 bits per heavy atom. The number of para-hydroxylation sites is 2. The van der Waals surface area contributed by atoms with Crippen molar-refractivity contribution in [2.75, 3.05) is 9.80 Å². The van der Waals surface area contributed by atoms with Gasteiger partial charge in [-0.2, -0.15) is 0 Å².